The minimum absolute atomic E-state index is 0. The summed E-state index contributed by atoms with van der Waals surface area (Å²) >= 11 is 1.96. The Kier molecular flexibility index (Phi) is 9.36. The summed E-state index contributed by atoms with van der Waals surface area (Å²) in [5.74, 6) is 2.79. The van der Waals surface area contributed by atoms with E-state index in [1.165, 1.54) is 12.1 Å². The van der Waals surface area contributed by atoms with Gasteiger partial charge in [-0.25, -0.2) is 0 Å². The van der Waals surface area contributed by atoms with E-state index in [-0.39, 0.29) is 36.1 Å². The molecule has 2 saturated heterocycles. The fourth-order valence-corrected chi connectivity index (χ4v) is 5.12. The van der Waals surface area contributed by atoms with Crippen molar-refractivity contribution in [1.29, 1.82) is 0 Å². The zero-order valence-corrected chi connectivity index (χ0v) is 19.6. The van der Waals surface area contributed by atoms with Crippen LogP contribution < -0.4 is 10.6 Å². The van der Waals surface area contributed by atoms with Crippen molar-refractivity contribution in [3.63, 3.8) is 0 Å². The van der Waals surface area contributed by atoms with Crippen molar-refractivity contribution in [3.05, 3.63) is 35.4 Å². The Morgan fingerprint density at radius 2 is 2.03 bits per heavy atom. The molecule has 1 aromatic carbocycles. The van der Waals surface area contributed by atoms with Crippen molar-refractivity contribution in [2.75, 3.05) is 51.4 Å². The third-order valence-corrected chi connectivity index (χ3v) is 6.52. The van der Waals surface area contributed by atoms with E-state index in [9.17, 15) is 13.2 Å². The minimum atomic E-state index is -4.33. The first-order valence-corrected chi connectivity index (χ1v) is 10.6. The Morgan fingerprint density at radius 1 is 1.28 bits per heavy atom. The van der Waals surface area contributed by atoms with Crippen LogP contribution in [0.1, 0.15) is 17.5 Å². The number of hydrogen-bond acceptors (Lipinski definition) is 4. The van der Waals surface area contributed by atoms with Crippen LogP contribution >= 0.6 is 35.7 Å². The SMILES string of the molecule is CN=C(NCc1cccc(C(F)(F)F)c1)NCC1(N2CCOCC2)CCSC1.I. The van der Waals surface area contributed by atoms with Gasteiger partial charge < -0.3 is 15.4 Å². The van der Waals surface area contributed by atoms with Gasteiger partial charge in [-0.1, -0.05) is 12.1 Å². The quantitative estimate of drug-likeness (QED) is 0.339. The van der Waals surface area contributed by atoms with E-state index in [0.29, 0.717) is 11.5 Å². The molecule has 0 bridgehead atoms. The monoisotopic (exact) mass is 544 g/mol. The standard InChI is InChI=1S/C19H27F3N4OS.HI/c1-23-17(24-12-15-3-2-4-16(11-15)19(20,21)22)25-13-18(5-10-28-14-18)26-6-8-27-9-7-26;/h2-4,11H,5-10,12-14H2,1H3,(H2,23,24,25);1H. The van der Waals surface area contributed by atoms with Crippen molar-refractivity contribution in [1.82, 2.24) is 15.5 Å². The van der Waals surface area contributed by atoms with E-state index in [1.54, 1.807) is 13.1 Å². The maximum atomic E-state index is 12.9. The van der Waals surface area contributed by atoms with Gasteiger partial charge in [0.15, 0.2) is 5.96 Å². The lowest BCUT2D eigenvalue weighted by atomic mass is 9.95. The molecule has 10 heteroatoms. The fraction of sp³-hybridized carbons (Fsp3) is 0.632. The second-order valence-corrected chi connectivity index (χ2v) is 8.21. The molecule has 2 heterocycles. The van der Waals surface area contributed by atoms with Crippen molar-refractivity contribution in [2.24, 2.45) is 4.99 Å². The number of morpholine rings is 1. The normalized spacial score (nSPS) is 23.5. The van der Waals surface area contributed by atoms with Crippen LogP contribution in [0.4, 0.5) is 13.2 Å². The number of halogens is 4. The molecule has 0 aromatic heterocycles. The molecule has 1 atom stereocenters. The number of nitrogens with one attached hydrogen (secondary N) is 2. The molecule has 2 N–H and O–H groups in total. The van der Waals surface area contributed by atoms with Gasteiger partial charge in [0.05, 0.1) is 18.8 Å². The summed E-state index contributed by atoms with van der Waals surface area (Å²) in [5, 5.41) is 6.52. The van der Waals surface area contributed by atoms with Crippen molar-refractivity contribution in [2.45, 2.75) is 24.7 Å². The molecule has 2 fully saturated rings. The smallest absolute Gasteiger partial charge is 0.379 e. The molecular weight excluding hydrogens is 516 g/mol. The summed E-state index contributed by atoms with van der Waals surface area (Å²) in [4.78, 5) is 6.74. The van der Waals surface area contributed by atoms with Crippen molar-refractivity contribution < 1.29 is 17.9 Å². The highest BCUT2D eigenvalue weighted by Gasteiger charge is 2.40. The first kappa shape index (κ1) is 24.5. The molecule has 0 aliphatic carbocycles. The van der Waals surface area contributed by atoms with E-state index in [0.717, 1.165) is 56.8 Å². The maximum absolute atomic E-state index is 12.9. The number of benzene rings is 1. The van der Waals surface area contributed by atoms with Crippen LogP contribution in [0.2, 0.25) is 0 Å². The van der Waals surface area contributed by atoms with Crippen molar-refractivity contribution >= 4 is 41.7 Å². The molecule has 1 aromatic rings. The molecule has 29 heavy (non-hydrogen) atoms. The molecule has 164 valence electrons. The predicted molar refractivity (Wildman–Crippen MR) is 122 cm³/mol. The topological polar surface area (TPSA) is 48.9 Å². The zero-order chi connectivity index (χ0) is 20.0. The first-order valence-electron chi connectivity index (χ1n) is 9.44. The van der Waals surface area contributed by atoms with Crippen LogP contribution in [0.15, 0.2) is 29.3 Å². The Morgan fingerprint density at radius 3 is 2.66 bits per heavy atom. The highest BCUT2D eigenvalue weighted by Crippen LogP contribution is 2.33. The molecule has 1 unspecified atom stereocenters. The van der Waals surface area contributed by atoms with Crippen LogP contribution in [-0.2, 0) is 17.5 Å². The summed E-state index contributed by atoms with van der Waals surface area (Å²) in [6.07, 6.45) is -3.23. The number of alkyl halides is 3. The summed E-state index contributed by atoms with van der Waals surface area (Å²) < 4.78 is 44.1. The summed E-state index contributed by atoms with van der Waals surface area (Å²) in [7, 11) is 1.67. The number of rotatable bonds is 5. The molecule has 0 saturated carbocycles. The fourth-order valence-electron chi connectivity index (χ4n) is 3.65. The molecule has 0 spiro atoms. The van der Waals surface area contributed by atoms with E-state index in [4.69, 9.17) is 4.74 Å². The number of guanidine groups is 1. The second-order valence-electron chi connectivity index (χ2n) is 7.10. The highest BCUT2D eigenvalue weighted by molar-refractivity contribution is 14.0. The van der Waals surface area contributed by atoms with Gasteiger partial charge in [-0.2, -0.15) is 24.9 Å². The van der Waals surface area contributed by atoms with Gasteiger partial charge in [-0.15, -0.1) is 24.0 Å². The lowest BCUT2D eigenvalue weighted by Crippen LogP contribution is -2.60. The summed E-state index contributed by atoms with van der Waals surface area (Å²) in [6.45, 7) is 4.41. The molecule has 0 amide bonds. The number of ether oxygens (including phenoxy) is 1. The first-order chi connectivity index (χ1) is 13.4. The van der Waals surface area contributed by atoms with Crippen LogP contribution in [0.3, 0.4) is 0 Å². The summed E-state index contributed by atoms with van der Waals surface area (Å²) in [5.41, 5.74) is 0.00326. The number of thioether (sulfide) groups is 1. The van der Waals surface area contributed by atoms with Crippen molar-refractivity contribution in [3.8, 4) is 0 Å². The number of nitrogens with zero attached hydrogens (tertiary/aromatic N) is 2. The number of aliphatic imine (C=N–C) groups is 1. The molecule has 3 rings (SSSR count). The Labute approximate surface area is 191 Å². The largest absolute Gasteiger partial charge is 0.416 e. The summed E-state index contributed by atoms with van der Waals surface area (Å²) in [6, 6.07) is 5.36. The lowest BCUT2D eigenvalue weighted by molar-refractivity contribution is -0.137. The minimum Gasteiger partial charge on any atom is -0.379 e. The van der Waals surface area contributed by atoms with Crippen LogP contribution in [0.25, 0.3) is 0 Å². The van der Waals surface area contributed by atoms with Gasteiger partial charge in [-0.3, -0.25) is 9.89 Å². The van der Waals surface area contributed by atoms with E-state index in [1.807, 2.05) is 11.8 Å². The van der Waals surface area contributed by atoms with E-state index < -0.39 is 11.7 Å². The lowest BCUT2D eigenvalue weighted by Gasteiger charge is -2.43. The van der Waals surface area contributed by atoms with Gasteiger partial charge in [0, 0.05) is 44.5 Å². The average Bonchev–Trinajstić information content (AvgIpc) is 3.19. The average molecular weight is 544 g/mol. The van der Waals surface area contributed by atoms with Gasteiger partial charge in [0.1, 0.15) is 0 Å². The molecular formula is C19H28F3IN4OS. The number of hydrogen-bond donors (Lipinski definition) is 2. The zero-order valence-electron chi connectivity index (χ0n) is 16.4. The third kappa shape index (κ3) is 6.63. The van der Waals surface area contributed by atoms with Gasteiger partial charge >= 0.3 is 6.18 Å². The van der Waals surface area contributed by atoms with Gasteiger partial charge in [-0.05, 0) is 29.9 Å². The molecule has 5 nitrogen and oxygen atoms in total. The highest BCUT2D eigenvalue weighted by atomic mass is 127. The maximum Gasteiger partial charge on any atom is 0.416 e. The Balaban J connectivity index is 0.00000300. The molecule has 2 aliphatic heterocycles. The predicted octanol–water partition coefficient (Wildman–Crippen LogP) is 3.20. The molecule has 2 aliphatic rings. The van der Waals surface area contributed by atoms with Crippen LogP contribution in [0, 0.1) is 0 Å². The van der Waals surface area contributed by atoms with Gasteiger partial charge in [0.2, 0.25) is 0 Å². The Hall–Kier alpha value is -0.720. The van der Waals surface area contributed by atoms with Crippen LogP contribution in [-0.4, -0.2) is 67.8 Å². The van der Waals surface area contributed by atoms with Crippen LogP contribution in [0.5, 0.6) is 0 Å². The van der Waals surface area contributed by atoms with Gasteiger partial charge in [0.25, 0.3) is 0 Å². The second kappa shape index (κ2) is 11.1. The van der Waals surface area contributed by atoms with E-state index in [2.05, 4.69) is 20.5 Å². The Bertz CT molecular complexity index is 678. The van der Waals surface area contributed by atoms with E-state index >= 15 is 0 Å². The third-order valence-electron chi connectivity index (χ3n) is 5.29. The molecule has 0 radical (unpaired) electrons.